The molecule has 5 rings (SSSR count). The summed E-state index contributed by atoms with van der Waals surface area (Å²) in [6, 6.07) is 18.9. The van der Waals surface area contributed by atoms with Gasteiger partial charge in [-0.05, 0) is 66.8 Å². The molecule has 3 aromatic rings. The Morgan fingerprint density at radius 3 is 2.39 bits per heavy atom. The van der Waals surface area contributed by atoms with Crippen LogP contribution in [0.2, 0.25) is 10.0 Å². The maximum absolute atomic E-state index is 13.5. The molecule has 0 saturated heterocycles. The molecule has 1 aliphatic heterocycles. The molecule has 0 aromatic heterocycles. The summed E-state index contributed by atoms with van der Waals surface area (Å²) in [4.78, 5) is 28.7. The molecule has 2 aliphatic rings. The van der Waals surface area contributed by atoms with E-state index in [9.17, 15) is 9.59 Å². The summed E-state index contributed by atoms with van der Waals surface area (Å²) in [5, 5.41) is 6.89. The quantitative estimate of drug-likeness (QED) is 0.385. The lowest BCUT2D eigenvalue weighted by atomic mass is 9.95. The third-order valence-corrected chi connectivity index (χ3v) is 7.63. The number of amides is 2. The van der Waals surface area contributed by atoms with Crippen LogP contribution in [0, 0.1) is 0 Å². The van der Waals surface area contributed by atoms with Crippen LogP contribution in [0.3, 0.4) is 0 Å². The number of hydrogen-bond donors (Lipinski definition) is 2. The van der Waals surface area contributed by atoms with Crippen LogP contribution in [0.4, 0.5) is 11.4 Å². The van der Waals surface area contributed by atoms with Crippen LogP contribution in [0.1, 0.15) is 63.9 Å². The summed E-state index contributed by atoms with van der Waals surface area (Å²) < 4.78 is 0. The maximum atomic E-state index is 13.5. The molecule has 5 nitrogen and oxygen atoms in total. The fraction of sp³-hybridized carbons (Fsp3) is 0.310. The van der Waals surface area contributed by atoms with Crippen molar-refractivity contribution in [3.63, 3.8) is 0 Å². The van der Waals surface area contributed by atoms with E-state index >= 15 is 0 Å². The smallest absolute Gasteiger partial charge is 0.257 e. The average molecular weight is 522 g/mol. The van der Waals surface area contributed by atoms with Crippen LogP contribution in [0.25, 0.3) is 0 Å². The van der Waals surface area contributed by atoms with Crippen LogP contribution in [0.5, 0.6) is 0 Å². The first-order valence-electron chi connectivity index (χ1n) is 12.5. The first kappa shape index (κ1) is 24.7. The minimum absolute atomic E-state index is 0.101. The van der Waals surface area contributed by atoms with E-state index in [-0.39, 0.29) is 22.9 Å². The number of hydrogen-bond acceptors (Lipinski definition) is 3. The van der Waals surface area contributed by atoms with Crippen molar-refractivity contribution < 1.29 is 9.59 Å². The second-order valence-corrected chi connectivity index (χ2v) is 10.4. The predicted molar refractivity (Wildman–Crippen MR) is 146 cm³/mol. The van der Waals surface area contributed by atoms with E-state index in [1.807, 2.05) is 12.1 Å². The third-order valence-electron chi connectivity index (χ3n) is 7.09. The maximum Gasteiger partial charge on any atom is 0.257 e. The Balaban J connectivity index is 1.43. The fourth-order valence-electron chi connectivity index (χ4n) is 5.15. The first-order valence-corrected chi connectivity index (χ1v) is 13.3. The van der Waals surface area contributed by atoms with Gasteiger partial charge < -0.3 is 15.5 Å². The van der Waals surface area contributed by atoms with Gasteiger partial charge in [-0.3, -0.25) is 9.59 Å². The van der Waals surface area contributed by atoms with E-state index in [0.717, 1.165) is 50.9 Å². The number of nitrogens with one attached hydrogen (secondary N) is 2. The van der Waals surface area contributed by atoms with Gasteiger partial charge in [0.15, 0.2) is 0 Å². The normalized spacial score (nSPS) is 15.8. The minimum Gasteiger partial charge on any atom is -0.366 e. The molecule has 36 heavy (non-hydrogen) atoms. The van der Waals surface area contributed by atoms with Crippen LogP contribution >= 0.6 is 23.2 Å². The molecule has 1 aliphatic carbocycles. The van der Waals surface area contributed by atoms with Crippen molar-refractivity contribution in [1.82, 2.24) is 5.32 Å². The highest BCUT2D eigenvalue weighted by Crippen LogP contribution is 2.31. The molecule has 0 unspecified atom stereocenters. The van der Waals surface area contributed by atoms with Crippen LogP contribution in [-0.4, -0.2) is 24.4 Å². The second-order valence-electron chi connectivity index (χ2n) is 9.56. The van der Waals surface area contributed by atoms with E-state index < -0.39 is 0 Å². The average Bonchev–Trinajstić information content (AvgIpc) is 2.89. The van der Waals surface area contributed by atoms with Crippen molar-refractivity contribution in [2.45, 2.75) is 51.1 Å². The van der Waals surface area contributed by atoms with E-state index in [1.165, 1.54) is 17.5 Å². The molecular formula is C29H29Cl2N3O2. The first-order chi connectivity index (χ1) is 17.5. The second kappa shape index (κ2) is 10.9. The molecule has 1 saturated carbocycles. The van der Waals surface area contributed by atoms with Crippen molar-refractivity contribution in [1.29, 1.82) is 0 Å². The Morgan fingerprint density at radius 2 is 1.61 bits per heavy atom. The number of halogens is 2. The van der Waals surface area contributed by atoms with Crippen molar-refractivity contribution >= 4 is 46.4 Å². The molecule has 7 heteroatoms. The van der Waals surface area contributed by atoms with Gasteiger partial charge in [0.2, 0.25) is 0 Å². The zero-order valence-electron chi connectivity index (χ0n) is 20.0. The topological polar surface area (TPSA) is 61.4 Å². The zero-order valence-corrected chi connectivity index (χ0v) is 21.5. The van der Waals surface area contributed by atoms with Gasteiger partial charge in [0.25, 0.3) is 11.8 Å². The van der Waals surface area contributed by atoms with E-state index in [1.54, 1.807) is 24.3 Å². The summed E-state index contributed by atoms with van der Waals surface area (Å²) in [6.45, 7) is 1.57. The van der Waals surface area contributed by atoms with Gasteiger partial charge in [-0.2, -0.15) is 0 Å². The SMILES string of the molecule is O=C(Nc1ccc(N2CCc3ccccc3C2)c(C(=O)NC2CCCCC2)c1)c1ccc(Cl)cc1Cl. The Bertz CT molecular complexity index is 1290. The fourth-order valence-corrected chi connectivity index (χ4v) is 5.65. The van der Waals surface area contributed by atoms with Crippen LogP contribution in [0.15, 0.2) is 60.7 Å². The van der Waals surface area contributed by atoms with Crippen LogP contribution in [-0.2, 0) is 13.0 Å². The Labute approximate surface area is 221 Å². The van der Waals surface area contributed by atoms with Gasteiger partial charge >= 0.3 is 0 Å². The molecule has 1 fully saturated rings. The molecule has 186 valence electrons. The van der Waals surface area contributed by atoms with Gasteiger partial charge in [0, 0.05) is 35.5 Å². The van der Waals surface area contributed by atoms with Gasteiger partial charge in [-0.25, -0.2) is 0 Å². The number of fused-ring (bicyclic) bond motifs is 1. The molecular weight excluding hydrogens is 493 g/mol. The summed E-state index contributed by atoms with van der Waals surface area (Å²) >= 11 is 12.2. The van der Waals surface area contributed by atoms with Crippen LogP contribution < -0.4 is 15.5 Å². The van der Waals surface area contributed by atoms with Crippen molar-refractivity contribution in [3.8, 4) is 0 Å². The van der Waals surface area contributed by atoms with E-state index in [2.05, 4.69) is 39.8 Å². The van der Waals surface area contributed by atoms with E-state index in [4.69, 9.17) is 23.2 Å². The molecule has 2 amide bonds. The Hall–Kier alpha value is -3.02. The lowest BCUT2D eigenvalue weighted by Crippen LogP contribution is -2.38. The number of benzene rings is 3. The summed E-state index contributed by atoms with van der Waals surface area (Å²) in [5.41, 5.74) is 4.94. The lowest BCUT2D eigenvalue weighted by Gasteiger charge is -2.32. The summed E-state index contributed by atoms with van der Waals surface area (Å²) in [7, 11) is 0. The van der Waals surface area contributed by atoms with Crippen molar-refractivity contribution in [3.05, 3.63) is 93.0 Å². The summed E-state index contributed by atoms with van der Waals surface area (Å²) in [6.07, 6.45) is 6.43. The number of carbonyl (C=O) groups is 2. The summed E-state index contributed by atoms with van der Waals surface area (Å²) in [5.74, 6) is -0.452. The van der Waals surface area contributed by atoms with E-state index in [0.29, 0.717) is 21.8 Å². The number of anilines is 2. The monoisotopic (exact) mass is 521 g/mol. The lowest BCUT2D eigenvalue weighted by molar-refractivity contribution is 0.0927. The largest absolute Gasteiger partial charge is 0.366 e. The predicted octanol–water partition coefficient (Wildman–Crippen LogP) is 6.87. The van der Waals surface area contributed by atoms with Gasteiger partial charge in [0.1, 0.15) is 0 Å². The standard InChI is InChI=1S/C29H29Cl2N3O2/c30-21-10-12-24(26(31)16-21)28(35)33-23-11-13-27(34-15-14-19-6-4-5-7-20(19)18-34)25(17-23)29(36)32-22-8-2-1-3-9-22/h4-7,10-13,16-17,22H,1-3,8-9,14-15,18H2,(H,32,36)(H,33,35). The number of carbonyl (C=O) groups excluding carboxylic acids is 2. The highest BCUT2D eigenvalue weighted by atomic mass is 35.5. The molecule has 0 atom stereocenters. The van der Waals surface area contributed by atoms with Gasteiger partial charge in [-0.15, -0.1) is 0 Å². The number of nitrogens with zero attached hydrogens (tertiary/aromatic N) is 1. The molecule has 0 bridgehead atoms. The molecule has 3 aromatic carbocycles. The van der Waals surface area contributed by atoms with Gasteiger partial charge in [0.05, 0.1) is 16.1 Å². The molecule has 0 spiro atoms. The van der Waals surface area contributed by atoms with Crippen molar-refractivity contribution in [2.24, 2.45) is 0 Å². The van der Waals surface area contributed by atoms with Crippen molar-refractivity contribution in [2.75, 3.05) is 16.8 Å². The third kappa shape index (κ3) is 5.53. The zero-order chi connectivity index (χ0) is 25.1. The molecule has 0 radical (unpaired) electrons. The highest BCUT2D eigenvalue weighted by molar-refractivity contribution is 6.37. The minimum atomic E-state index is -0.352. The Morgan fingerprint density at radius 1 is 0.833 bits per heavy atom. The highest BCUT2D eigenvalue weighted by Gasteiger charge is 2.24. The number of rotatable bonds is 5. The molecule has 1 heterocycles. The molecule has 2 N–H and O–H groups in total. The van der Waals surface area contributed by atoms with Gasteiger partial charge in [-0.1, -0.05) is 66.7 Å². The Kier molecular flexibility index (Phi) is 7.49.